The van der Waals surface area contributed by atoms with Crippen molar-refractivity contribution >= 4 is 5.91 Å². The van der Waals surface area contributed by atoms with Crippen LogP contribution in [0.25, 0.3) is 0 Å². The number of carbonyl (C=O) groups excluding carboxylic acids is 1. The predicted molar refractivity (Wildman–Crippen MR) is 52.3 cm³/mol. The van der Waals surface area contributed by atoms with Gasteiger partial charge in [-0.05, 0) is 6.42 Å². The van der Waals surface area contributed by atoms with Crippen LogP contribution in [0.4, 0.5) is 0 Å². The van der Waals surface area contributed by atoms with E-state index in [2.05, 4.69) is 13.2 Å². The quantitative estimate of drug-likeness (QED) is 0.571. The smallest absolute Gasteiger partial charge is 0.222 e. The van der Waals surface area contributed by atoms with Gasteiger partial charge in [0.25, 0.3) is 0 Å². The van der Waals surface area contributed by atoms with Crippen LogP contribution in [0.3, 0.4) is 0 Å². The molecule has 4 heteroatoms. The molecule has 0 atom stereocenters. The molecule has 0 aromatic carbocycles. The fourth-order valence-electron chi connectivity index (χ4n) is 0.783. The highest BCUT2D eigenvalue weighted by Crippen LogP contribution is 2.04. The molecule has 1 heterocycles. The van der Waals surface area contributed by atoms with Crippen molar-refractivity contribution in [1.29, 1.82) is 0 Å². The normalized spacial score (nSPS) is 14.1. The molecule has 13 heavy (non-hydrogen) atoms. The molecule has 1 aliphatic rings. The number of hydrogen-bond acceptors (Lipinski definition) is 3. The molecule has 1 fully saturated rings. The lowest BCUT2D eigenvalue weighted by molar-refractivity contribution is -0.126. The zero-order chi connectivity index (χ0) is 10.7. The van der Waals surface area contributed by atoms with E-state index in [1.807, 2.05) is 7.05 Å². The maximum absolute atomic E-state index is 10.5. The lowest BCUT2D eigenvalue weighted by Crippen LogP contribution is -2.17. The maximum atomic E-state index is 10.5. The highest BCUT2D eigenvalue weighted by Gasteiger charge is 2.14. The summed E-state index contributed by atoms with van der Waals surface area (Å²) in [6.45, 7) is 6.71. The highest BCUT2D eigenvalue weighted by molar-refractivity contribution is 5.77. The molecule has 0 aromatic heterocycles. The molecule has 0 unspecified atom stereocenters. The molecular weight excluding hydrogens is 170 g/mol. The molecule has 0 radical (unpaired) electrons. The van der Waals surface area contributed by atoms with Gasteiger partial charge in [-0.1, -0.05) is 0 Å². The zero-order valence-electron chi connectivity index (χ0n) is 8.20. The summed E-state index contributed by atoms with van der Waals surface area (Å²) in [6.07, 6.45) is 1.81. The fraction of sp³-hybridized carbons (Fsp3) is 0.667. The molecule has 0 aliphatic carbocycles. The van der Waals surface area contributed by atoms with Crippen LogP contribution < -0.4 is 0 Å². The Labute approximate surface area is 79.5 Å². The van der Waals surface area contributed by atoms with Gasteiger partial charge in [-0.15, -0.1) is 13.2 Å². The van der Waals surface area contributed by atoms with E-state index in [9.17, 15) is 4.79 Å². The first-order valence-corrected chi connectivity index (χ1v) is 4.18. The van der Waals surface area contributed by atoms with Crippen LogP contribution in [0.5, 0.6) is 0 Å². The van der Waals surface area contributed by atoms with E-state index in [1.165, 1.54) is 0 Å². The Kier molecular flexibility index (Phi) is 12.5. The first kappa shape index (κ1) is 14.6. The number of nitrogens with zero attached hydrogens (tertiary/aromatic N) is 1. The van der Waals surface area contributed by atoms with Crippen molar-refractivity contribution in [3.05, 3.63) is 13.2 Å². The van der Waals surface area contributed by atoms with E-state index in [0.29, 0.717) is 5.91 Å². The Morgan fingerprint density at radius 2 is 1.85 bits per heavy atom. The van der Waals surface area contributed by atoms with Crippen LogP contribution in [-0.4, -0.2) is 47.8 Å². The Balaban J connectivity index is 0. The van der Waals surface area contributed by atoms with Crippen LogP contribution >= 0.6 is 0 Å². The number of carbonyl (C=O) groups is 1. The molecular formula is C9H19NO3. The number of rotatable bonds is 1. The van der Waals surface area contributed by atoms with E-state index in [0.717, 1.165) is 19.4 Å². The molecule has 1 amide bonds. The summed E-state index contributed by atoms with van der Waals surface area (Å²) in [6, 6.07) is 0. The Morgan fingerprint density at radius 1 is 1.38 bits per heavy atom. The maximum Gasteiger partial charge on any atom is 0.222 e. The number of likely N-dealkylation sites (tertiary alicyclic amines) is 1. The summed E-state index contributed by atoms with van der Waals surface area (Å²) < 4.78 is 0. The van der Waals surface area contributed by atoms with Crippen LogP contribution in [0.2, 0.25) is 0 Å². The van der Waals surface area contributed by atoms with Crippen LogP contribution in [-0.2, 0) is 4.79 Å². The van der Waals surface area contributed by atoms with Gasteiger partial charge in [-0.2, -0.15) is 0 Å². The highest BCUT2D eigenvalue weighted by atomic mass is 16.3. The molecule has 1 saturated heterocycles. The third kappa shape index (κ3) is 9.04. The van der Waals surface area contributed by atoms with E-state index >= 15 is 0 Å². The van der Waals surface area contributed by atoms with Gasteiger partial charge in [-0.3, -0.25) is 4.79 Å². The average Bonchev–Trinajstić information content (AvgIpc) is 2.55. The standard InChI is InChI=1S/C5H9NO.C2H6O2.C2H4/c1-6-4-2-3-5(6)7;3-1-2-4;1-2/h2-4H2,1H3;3-4H,1-2H2;1-2H2. The Bertz CT molecular complexity index is 126. The minimum Gasteiger partial charge on any atom is -0.394 e. The van der Waals surface area contributed by atoms with E-state index < -0.39 is 0 Å². The van der Waals surface area contributed by atoms with Gasteiger partial charge < -0.3 is 15.1 Å². The number of hydrogen-bond donors (Lipinski definition) is 2. The number of aliphatic hydroxyl groups is 2. The first-order valence-electron chi connectivity index (χ1n) is 4.18. The molecule has 2 N–H and O–H groups in total. The summed E-state index contributed by atoms with van der Waals surface area (Å²) in [5.74, 6) is 0.292. The van der Waals surface area contributed by atoms with Gasteiger partial charge in [0.15, 0.2) is 0 Å². The van der Waals surface area contributed by atoms with Gasteiger partial charge in [-0.25, -0.2) is 0 Å². The minimum absolute atomic E-state index is 0.125. The molecule has 0 saturated carbocycles. The average molecular weight is 189 g/mol. The lowest BCUT2D eigenvalue weighted by atomic mass is 10.4. The Morgan fingerprint density at radius 3 is 1.92 bits per heavy atom. The van der Waals surface area contributed by atoms with E-state index in [-0.39, 0.29) is 13.2 Å². The summed E-state index contributed by atoms with van der Waals surface area (Å²) in [7, 11) is 1.84. The summed E-state index contributed by atoms with van der Waals surface area (Å²) in [4.78, 5) is 12.3. The topological polar surface area (TPSA) is 60.8 Å². The van der Waals surface area contributed by atoms with Gasteiger partial charge >= 0.3 is 0 Å². The van der Waals surface area contributed by atoms with Gasteiger partial charge in [0, 0.05) is 20.0 Å². The molecule has 0 bridgehead atoms. The molecule has 1 rings (SSSR count). The Hall–Kier alpha value is -0.870. The summed E-state index contributed by atoms with van der Waals surface area (Å²) in [5.41, 5.74) is 0. The van der Waals surface area contributed by atoms with Crippen LogP contribution in [0, 0.1) is 0 Å². The molecule has 4 nitrogen and oxygen atoms in total. The van der Waals surface area contributed by atoms with Crippen LogP contribution in [0.1, 0.15) is 12.8 Å². The molecule has 0 aromatic rings. The number of amides is 1. The summed E-state index contributed by atoms with van der Waals surface area (Å²) in [5, 5.41) is 15.2. The van der Waals surface area contributed by atoms with Crippen molar-refractivity contribution < 1.29 is 15.0 Å². The second-order valence-electron chi connectivity index (χ2n) is 2.37. The van der Waals surface area contributed by atoms with Crippen molar-refractivity contribution in [2.45, 2.75) is 12.8 Å². The van der Waals surface area contributed by atoms with E-state index in [1.54, 1.807) is 4.90 Å². The van der Waals surface area contributed by atoms with Gasteiger partial charge in [0.2, 0.25) is 5.91 Å². The van der Waals surface area contributed by atoms with Gasteiger partial charge in [0.1, 0.15) is 0 Å². The number of aliphatic hydroxyl groups excluding tert-OH is 2. The minimum atomic E-state index is -0.125. The monoisotopic (exact) mass is 189 g/mol. The van der Waals surface area contributed by atoms with Crippen molar-refractivity contribution in [2.24, 2.45) is 0 Å². The molecule has 1 aliphatic heterocycles. The largest absolute Gasteiger partial charge is 0.394 e. The summed E-state index contributed by atoms with van der Waals surface area (Å²) >= 11 is 0. The second-order valence-corrected chi connectivity index (χ2v) is 2.37. The first-order chi connectivity index (χ1) is 6.22. The predicted octanol–water partition coefficient (Wildman–Crippen LogP) is 0.0118. The zero-order valence-corrected chi connectivity index (χ0v) is 8.20. The third-order valence-electron chi connectivity index (χ3n) is 1.41. The molecule has 78 valence electrons. The SMILES string of the molecule is C=C.CN1CCCC1=O.OCCO. The van der Waals surface area contributed by atoms with Crippen molar-refractivity contribution in [3.8, 4) is 0 Å². The lowest BCUT2D eigenvalue weighted by Gasteiger charge is -2.03. The van der Waals surface area contributed by atoms with E-state index in [4.69, 9.17) is 10.2 Å². The third-order valence-corrected chi connectivity index (χ3v) is 1.41. The molecule has 0 spiro atoms. The van der Waals surface area contributed by atoms with Crippen molar-refractivity contribution in [2.75, 3.05) is 26.8 Å². The fourth-order valence-corrected chi connectivity index (χ4v) is 0.783. The van der Waals surface area contributed by atoms with Crippen LogP contribution in [0.15, 0.2) is 13.2 Å². The van der Waals surface area contributed by atoms with Gasteiger partial charge in [0.05, 0.1) is 13.2 Å². The second kappa shape index (κ2) is 11.1. The van der Waals surface area contributed by atoms with Crippen molar-refractivity contribution in [1.82, 2.24) is 4.90 Å². The van der Waals surface area contributed by atoms with Crippen molar-refractivity contribution in [3.63, 3.8) is 0 Å².